The molecular formula is C19H17Cl2FN2O5S. The van der Waals surface area contributed by atoms with Gasteiger partial charge in [0.25, 0.3) is 5.91 Å². The maximum Gasteiger partial charge on any atom is 0.324 e. The number of carbonyl (C=O) groups excluding carboxylic acids is 2. The van der Waals surface area contributed by atoms with Crippen LogP contribution in [0.2, 0.25) is 10.0 Å². The number of nitrogens with zero attached hydrogens (tertiary/aromatic N) is 1. The number of hydrogen-bond acceptors (Lipinski definition) is 5. The molecule has 1 aliphatic heterocycles. The molecule has 0 saturated carbocycles. The Hall–Kier alpha value is -2.20. The Labute approximate surface area is 182 Å². The van der Waals surface area contributed by atoms with Crippen LogP contribution in [0.15, 0.2) is 47.4 Å². The van der Waals surface area contributed by atoms with Crippen LogP contribution in [0, 0.1) is 5.82 Å². The first kappa shape index (κ1) is 22.5. The molecule has 1 N–H and O–H groups in total. The Morgan fingerprint density at radius 3 is 2.53 bits per heavy atom. The van der Waals surface area contributed by atoms with Crippen LogP contribution in [-0.2, 0) is 24.3 Å². The van der Waals surface area contributed by atoms with Crippen LogP contribution in [-0.4, -0.2) is 43.8 Å². The van der Waals surface area contributed by atoms with Crippen molar-refractivity contribution in [1.82, 2.24) is 4.31 Å². The molecule has 1 atom stereocenters. The summed E-state index contributed by atoms with van der Waals surface area (Å²) in [6.07, 6.45) is 0.758. The van der Waals surface area contributed by atoms with Crippen LogP contribution >= 0.6 is 23.2 Å². The minimum atomic E-state index is -3.92. The van der Waals surface area contributed by atoms with Gasteiger partial charge in [-0.2, -0.15) is 4.31 Å². The molecule has 7 nitrogen and oxygen atoms in total. The third kappa shape index (κ3) is 5.10. The number of ether oxygens (including phenoxy) is 1. The zero-order valence-electron chi connectivity index (χ0n) is 15.5. The maximum absolute atomic E-state index is 13.2. The SMILES string of the molecule is O=C(COC(=O)[C@@H]1CCCN1S(=O)(=O)c1ccc(Cl)cc1)Nc1ccc(F)c(Cl)c1. The molecular weight excluding hydrogens is 458 g/mol. The molecule has 1 saturated heterocycles. The molecule has 0 aliphatic carbocycles. The van der Waals surface area contributed by atoms with Crippen molar-refractivity contribution in [2.75, 3.05) is 18.5 Å². The summed E-state index contributed by atoms with van der Waals surface area (Å²) in [5.74, 6) is -2.13. The fraction of sp³-hybridized carbons (Fsp3) is 0.263. The van der Waals surface area contributed by atoms with E-state index in [0.717, 1.165) is 10.4 Å². The molecule has 11 heteroatoms. The van der Waals surface area contributed by atoms with Crippen LogP contribution in [0.25, 0.3) is 0 Å². The van der Waals surface area contributed by atoms with Crippen LogP contribution in [0.4, 0.5) is 10.1 Å². The number of hydrogen-bond donors (Lipinski definition) is 1. The number of carbonyl (C=O) groups is 2. The second kappa shape index (κ2) is 9.30. The molecule has 0 aromatic heterocycles. The molecule has 30 heavy (non-hydrogen) atoms. The summed E-state index contributed by atoms with van der Waals surface area (Å²) in [5, 5.41) is 2.64. The number of sulfonamides is 1. The van der Waals surface area contributed by atoms with Crippen LogP contribution in [0.3, 0.4) is 0 Å². The zero-order chi connectivity index (χ0) is 21.9. The molecule has 2 aromatic carbocycles. The van der Waals surface area contributed by atoms with Gasteiger partial charge < -0.3 is 10.1 Å². The summed E-state index contributed by atoms with van der Waals surface area (Å²) in [5.41, 5.74) is 0.232. The van der Waals surface area contributed by atoms with Gasteiger partial charge in [-0.3, -0.25) is 9.59 Å². The number of anilines is 1. The first-order chi connectivity index (χ1) is 14.2. The second-order valence-corrected chi connectivity index (χ2v) is 9.25. The minimum absolute atomic E-state index is 0.0116. The molecule has 0 bridgehead atoms. The van der Waals surface area contributed by atoms with Gasteiger partial charge in [0.2, 0.25) is 10.0 Å². The summed E-state index contributed by atoms with van der Waals surface area (Å²) in [7, 11) is -3.92. The fourth-order valence-electron chi connectivity index (χ4n) is 3.01. The highest BCUT2D eigenvalue weighted by Crippen LogP contribution is 2.27. The maximum atomic E-state index is 13.2. The topological polar surface area (TPSA) is 92.8 Å². The molecule has 0 radical (unpaired) electrons. The lowest BCUT2D eigenvalue weighted by molar-refractivity contribution is -0.150. The van der Waals surface area contributed by atoms with Crippen molar-refractivity contribution >= 4 is 50.8 Å². The van der Waals surface area contributed by atoms with Gasteiger partial charge >= 0.3 is 5.97 Å². The molecule has 1 fully saturated rings. The van der Waals surface area contributed by atoms with E-state index in [9.17, 15) is 22.4 Å². The van der Waals surface area contributed by atoms with Gasteiger partial charge in [-0.05, 0) is 55.3 Å². The van der Waals surface area contributed by atoms with Crippen molar-refractivity contribution in [2.24, 2.45) is 0 Å². The predicted molar refractivity (Wildman–Crippen MR) is 109 cm³/mol. The molecule has 0 unspecified atom stereocenters. The smallest absolute Gasteiger partial charge is 0.324 e. The fourth-order valence-corrected chi connectivity index (χ4v) is 4.96. The predicted octanol–water partition coefficient (Wildman–Crippen LogP) is 3.47. The number of amides is 1. The van der Waals surface area contributed by atoms with Crippen molar-refractivity contribution in [3.63, 3.8) is 0 Å². The van der Waals surface area contributed by atoms with E-state index in [1.165, 1.54) is 36.4 Å². The summed E-state index contributed by atoms with van der Waals surface area (Å²) < 4.78 is 44.9. The molecule has 1 amide bonds. The van der Waals surface area contributed by atoms with Crippen molar-refractivity contribution in [2.45, 2.75) is 23.8 Å². The van der Waals surface area contributed by atoms with E-state index in [1.54, 1.807) is 0 Å². The lowest BCUT2D eigenvalue weighted by Crippen LogP contribution is -2.42. The van der Waals surface area contributed by atoms with Crippen molar-refractivity contribution < 1.29 is 27.1 Å². The Balaban J connectivity index is 1.62. The Morgan fingerprint density at radius 2 is 1.87 bits per heavy atom. The Kier molecular flexibility index (Phi) is 6.97. The summed E-state index contributed by atoms with van der Waals surface area (Å²) in [6.45, 7) is -0.468. The average Bonchev–Trinajstić information content (AvgIpc) is 3.20. The van der Waals surface area contributed by atoms with E-state index in [2.05, 4.69) is 5.32 Å². The average molecular weight is 475 g/mol. The Morgan fingerprint density at radius 1 is 1.17 bits per heavy atom. The number of halogens is 3. The lowest BCUT2D eigenvalue weighted by Gasteiger charge is -2.22. The van der Waals surface area contributed by atoms with Crippen molar-refractivity contribution in [1.29, 1.82) is 0 Å². The van der Waals surface area contributed by atoms with Crippen LogP contribution in [0.5, 0.6) is 0 Å². The van der Waals surface area contributed by atoms with Gasteiger partial charge in [0.1, 0.15) is 11.9 Å². The third-order valence-electron chi connectivity index (χ3n) is 4.44. The van der Waals surface area contributed by atoms with Crippen LogP contribution in [0.1, 0.15) is 12.8 Å². The van der Waals surface area contributed by atoms with Gasteiger partial charge in [-0.15, -0.1) is 0 Å². The van der Waals surface area contributed by atoms with Crippen molar-refractivity contribution in [3.05, 3.63) is 58.3 Å². The van der Waals surface area contributed by atoms with Gasteiger partial charge in [0.05, 0.1) is 9.92 Å². The first-order valence-electron chi connectivity index (χ1n) is 8.87. The lowest BCUT2D eigenvalue weighted by atomic mass is 10.2. The van der Waals surface area contributed by atoms with E-state index in [-0.39, 0.29) is 28.6 Å². The summed E-state index contributed by atoms with van der Waals surface area (Å²) in [4.78, 5) is 24.4. The number of rotatable bonds is 6. The Bertz CT molecular complexity index is 1060. The molecule has 2 aromatic rings. The normalized spacial score (nSPS) is 17.0. The standard InChI is InChI=1S/C19H17Cl2FN2O5S/c20-12-3-6-14(7-4-12)30(27,28)24-9-1-2-17(24)19(26)29-11-18(25)23-13-5-8-16(22)15(21)10-13/h3-8,10,17H,1-2,9,11H2,(H,23,25)/t17-/m0/s1. The highest BCUT2D eigenvalue weighted by atomic mass is 35.5. The molecule has 1 aliphatic rings. The first-order valence-corrected chi connectivity index (χ1v) is 11.1. The minimum Gasteiger partial charge on any atom is -0.454 e. The monoisotopic (exact) mass is 474 g/mol. The molecule has 0 spiro atoms. The molecule has 160 valence electrons. The largest absolute Gasteiger partial charge is 0.454 e. The van der Waals surface area contributed by atoms with E-state index in [1.807, 2.05) is 0 Å². The number of benzene rings is 2. The van der Waals surface area contributed by atoms with E-state index in [4.69, 9.17) is 27.9 Å². The second-order valence-electron chi connectivity index (χ2n) is 6.51. The highest BCUT2D eigenvalue weighted by Gasteiger charge is 2.40. The van der Waals surface area contributed by atoms with Gasteiger partial charge in [0, 0.05) is 17.3 Å². The number of nitrogens with one attached hydrogen (secondary N) is 1. The number of esters is 1. The summed E-state index contributed by atoms with van der Waals surface area (Å²) in [6, 6.07) is 8.19. The van der Waals surface area contributed by atoms with Gasteiger partial charge in [-0.1, -0.05) is 23.2 Å². The van der Waals surface area contributed by atoms with Gasteiger partial charge in [0.15, 0.2) is 6.61 Å². The highest BCUT2D eigenvalue weighted by molar-refractivity contribution is 7.89. The quantitative estimate of drug-likeness (QED) is 0.646. The van der Waals surface area contributed by atoms with Crippen LogP contribution < -0.4 is 5.32 Å². The summed E-state index contributed by atoms with van der Waals surface area (Å²) >= 11 is 11.4. The van der Waals surface area contributed by atoms with E-state index in [0.29, 0.717) is 11.4 Å². The molecule has 1 heterocycles. The van der Waals surface area contributed by atoms with E-state index >= 15 is 0 Å². The molecule has 3 rings (SSSR count). The zero-order valence-corrected chi connectivity index (χ0v) is 17.8. The third-order valence-corrected chi connectivity index (χ3v) is 6.91. The van der Waals surface area contributed by atoms with Gasteiger partial charge in [-0.25, -0.2) is 12.8 Å². The van der Waals surface area contributed by atoms with Crippen molar-refractivity contribution in [3.8, 4) is 0 Å². The van der Waals surface area contributed by atoms with E-state index < -0.39 is 40.4 Å².